The van der Waals surface area contributed by atoms with E-state index in [1.807, 2.05) is 64.3 Å². The molecule has 2 heterocycles. The van der Waals surface area contributed by atoms with E-state index in [9.17, 15) is 4.79 Å². The maximum atomic E-state index is 13.2. The number of ether oxygens (including phenoxy) is 1. The van der Waals surface area contributed by atoms with Crippen LogP contribution in [0.3, 0.4) is 0 Å². The first-order valence-corrected chi connectivity index (χ1v) is 11.5. The van der Waals surface area contributed by atoms with E-state index in [4.69, 9.17) is 4.74 Å². The molecule has 1 atom stereocenters. The van der Waals surface area contributed by atoms with Crippen LogP contribution in [-0.4, -0.2) is 50.5 Å². The number of esters is 1. The summed E-state index contributed by atoms with van der Waals surface area (Å²) in [4.78, 5) is 22.2. The number of allylic oxidation sites excluding steroid dienone is 1. The van der Waals surface area contributed by atoms with Gasteiger partial charge < -0.3 is 19.9 Å². The van der Waals surface area contributed by atoms with E-state index in [2.05, 4.69) is 57.5 Å². The summed E-state index contributed by atoms with van der Waals surface area (Å²) >= 11 is 0. The normalized spacial score (nSPS) is 17.5. The highest BCUT2D eigenvalue weighted by molar-refractivity contribution is 6.06. The molecule has 2 aromatic carbocycles. The molecule has 0 spiro atoms. The summed E-state index contributed by atoms with van der Waals surface area (Å²) in [5.74, 6) is 1.23. The van der Waals surface area contributed by atoms with Gasteiger partial charge in [-0.25, -0.2) is 4.79 Å². The average molecular weight is 459 g/mol. The lowest BCUT2D eigenvalue weighted by molar-refractivity contribution is -0.138. The topological polar surface area (TPSA) is 56.9 Å². The van der Waals surface area contributed by atoms with Crippen molar-refractivity contribution >= 4 is 17.5 Å². The third-order valence-electron chi connectivity index (χ3n) is 5.85. The first-order valence-electron chi connectivity index (χ1n) is 11.5. The summed E-state index contributed by atoms with van der Waals surface area (Å²) in [5, 5.41) is 3.53. The van der Waals surface area contributed by atoms with Crippen molar-refractivity contribution in [3.05, 3.63) is 102 Å². The minimum atomic E-state index is -0.300. The maximum absolute atomic E-state index is 13.2. The lowest BCUT2D eigenvalue weighted by atomic mass is 9.80. The fourth-order valence-corrected chi connectivity index (χ4v) is 4.24. The van der Waals surface area contributed by atoms with E-state index >= 15 is 0 Å². The van der Waals surface area contributed by atoms with Crippen molar-refractivity contribution < 1.29 is 9.53 Å². The molecule has 4 rings (SSSR count). The first-order chi connectivity index (χ1) is 16.6. The summed E-state index contributed by atoms with van der Waals surface area (Å²) in [6, 6.07) is 20.3. The Morgan fingerprint density at radius 2 is 1.68 bits per heavy atom. The summed E-state index contributed by atoms with van der Waals surface area (Å²) in [6.45, 7) is 12.0. The van der Waals surface area contributed by atoms with Crippen LogP contribution in [0.2, 0.25) is 0 Å². The Balaban J connectivity index is 0.00000158. The van der Waals surface area contributed by atoms with Crippen molar-refractivity contribution in [2.75, 3.05) is 38.7 Å². The van der Waals surface area contributed by atoms with E-state index < -0.39 is 0 Å². The van der Waals surface area contributed by atoms with Crippen LogP contribution in [0.4, 0.5) is 5.69 Å². The van der Waals surface area contributed by atoms with Gasteiger partial charge in [0.15, 0.2) is 0 Å². The Kier molecular flexibility index (Phi) is 8.30. The zero-order valence-corrected chi connectivity index (χ0v) is 20.5. The Morgan fingerprint density at radius 1 is 1.09 bits per heavy atom. The van der Waals surface area contributed by atoms with Crippen molar-refractivity contribution in [1.29, 1.82) is 0 Å². The number of nitrogens with zero attached hydrogens (tertiary/aromatic N) is 3. The summed E-state index contributed by atoms with van der Waals surface area (Å²) in [6.07, 6.45) is 0. The molecule has 0 amide bonds. The van der Waals surface area contributed by atoms with E-state index in [1.54, 1.807) is 0 Å². The Bertz CT molecular complexity index is 1090. The van der Waals surface area contributed by atoms with Crippen LogP contribution in [0.1, 0.15) is 25.3 Å². The average Bonchev–Trinajstić information content (AvgIpc) is 3.72. The smallest absolute Gasteiger partial charge is 0.336 e. The number of aliphatic imine (C=N–C) groups is 1. The fraction of sp³-hybridized carbons (Fsp3) is 0.286. The second-order valence-corrected chi connectivity index (χ2v) is 7.92. The number of nitrogens with one attached hydrogen (secondary N) is 1. The number of anilines is 1. The molecule has 1 saturated heterocycles. The van der Waals surface area contributed by atoms with E-state index in [0.717, 1.165) is 47.3 Å². The van der Waals surface area contributed by atoms with Crippen molar-refractivity contribution in [3.63, 3.8) is 0 Å². The number of hydrogen-bond acceptors (Lipinski definition) is 5. The minimum Gasteiger partial charge on any atom is -0.463 e. The molecule has 0 saturated carbocycles. The molecule has 1 fully saturated rings. The summed E-state index contributed by atoms with van der Waals surface area (Å²) in [5.41, 5.74) is 4.49. The van der Waals surface area contributed by atoms with Gasteiger partial charge in [0.1, 0.15) is 11.7 Å². The standard InChI is InChI=1S/C26H30N4O2.C2H4/c1-5-32-26(31)21-18(2)28-25(29(4)20-14-10-7-11-15-20)23(24(27-3)30-16-17-30)22(21)19-12-8-6-9-13-19;1-2/h6-15,22,28H,5,16-17H2,1-4H3;1-2H2. The molecule has 0 aromatic heterocycles. The second-order valence-electron chi connectivity index (χ2n) is 7.92. The monoisotopic (exact) mass is 458 g/mol. The number of hydrogen-bond donors (Lipinski definition) is 1. The van der Waals surface area contributed by atoms with Gasteiger partial charge in [-0.15, -0.1) is 13.2 Å². The number of para-hydroxylation sites is 1. The van der Waals surface area contributed by atoms with E-state index in [-0.39, 0.29) is 11.9 Å². The molecule has 1 unspecified atom stereocenters. The first kappa shape index (κ1) is 24.8. The van der Waals surface area contributed by atoms with Gasteiger partial charge in [0.05, 0.1) is 18.1 Å². The molecule has 2 aromatic rings. The Labute approximate surface area is 202 Å². The van der Waals surface area contributed by atoms with E-state index in [1.165, 1.54) is 0 Å². The highest BCUT2D eigenvalue weighted by Crippen LogP contribution is 2.41. The SMILES string of the molecule is C=C.CCOC(=O)C1=C(C)NC(N(C)c2ccccc2)=C(C(=NC)N2CC2)C1c1ccccc1. The van der Waals surface area contributed by atoms with Gasteiger partial charge in [-0.2, -0.15) is 0 Å². The summed E-state index contributed by atoms with van der Waals surface area (Å²) < 4.78 is 5.50. The minimum absolute atomic E-state index is 0.294. The van der Waals surface area contributed by atoms with Gasteiger partial charge in [0, 0.05) is 44.1 Å². The van der Waals surface area contributed by atoms with Crippen LogP contribution in [-0.2, 0) is 9.53 Å². The highest BCUT2D eigenvalue weighted by atomic mass is 16.5. The lowest BCUT2D eigenvalue weighted by Gasteiger charge is -2.37. The molecular weight excluding hydrogens is 424 g/mol. The molecule has 2 aliphatic heterocycles. The summed E-state index contributed by atoms with van der Waals surface area (Å²) in [7, 11) is 3.86. The van der Waals surface area contributed by atoms with Crippen molar-refractivity contribution in [2.24, 2.45) is 4.99 Å². The Morgan fingerprint density at radius 3 is 2.21 bits per heavy atom. The van der Waals surface area contributed by atoms with Gasteiger partial charge in [0.2, 0.25) is 0 Å². The van der Waals surface area contributed by atoms with Gasteiger partial charge in [0.25, 0.3) is 0 Å². The van der Waals surface area contributed by atoms with Crippen molar-refractivity contribution in [3.8, 4) is 0 Å². The maximum Gasteiger partial charge on any atom is 0.336 e. The molecule has 0 aliphatic carbocycles. The molecule has 178 valence electrons. The van der Waals surface area contributed by atoms with Crippen LogP contribution in [0.15, 0.2) is 101 Å². The van der Waals surface area contributed by atoms with Gasteiger partial charge >= 0.3 is 5.97 Å². The van der Waals surface area contributed by atoms with Crippen LogP contribution >= 0.6 is 0 Å². The second kappa shape index (κ2) is 11.4. The number of carbonyl (C=O) groups excluding carboxylic acids is 1. The Hall–Kier alpha value is -3.80. The zero-order valence-electron chi connectivity index (χ0n) is 20.5. The third-order valence-corrected chi connectivity index (χ3v) is 5.85. The molecule has 2 aliphatic rings. The predicted octanol–water partition coefficient (Wildman–Crippen LogP) is 4.70. The quantitative estimate of drug-likeness (QED) is 0.223. The van der Waals surface area contributed by atoms with E-state index in [0.29, 0.717) is 12.2 Å². The van der Waals surface area contributed by atoms with Crippen LogP contribution in [0.25, 0.3) is 0 Å². The zero-order chi connectivity index (χ0) is 24.7. The molecule has 1 N–H and O–H groups in total. The van der Waals surface area contributed by atoms with Crippen LogP contribution < -0.4 is 10.2 Å². The van der Waals surface area contributed by atoms with Gasteiger partial charge in [-0.05, 0) is 31.5 Å². The fourth-order valence-electron chi connectivity index (χ4n) is 4.24. The predicted molar refractivity (Wildman–Crippen MR) is 140 cm³/mol. The van der Waals surface area contributed by atoms with Gasteiger partial charge in [-0.1, -0.05) is 48.5 Å². The number of benzene rings is 2. The molecule has 6 nitrogen and oxygen atoms in total. The molecule has 0 radical (unpaired) electrons. The largest absolute Gasteiger partial charge is 0.463 e. The molecule has 6 heteroatoms. The van der Waals surface area contributed by atoms with Crippen LogP contribution in [0, 0.1) is 0 Å². The van der Waals surface area contributed by atoms with Crippen molar-refractivity contribution in [2.45, 2.75) is 19.8 Å². The highest BCUT2D eigenvalue weighted by Gasteiger charge is 2.41. The molecular formula is C28H34N4O2. The molecule has 34 heavy (non-hydrogen) atoms. The number of rotatable bonds is 6. The lowest BCUT2D eigenvalue weighted by Crippen LogP contribution is -2.40. The number of dihydropyridines is 1. The molecule has 0 bridgehead atoms. The third kappa shape index (κ3) is 5.06. The number of carbonyl (C=O) groups is 1. The van der Waals surface area contributed by atoms with Crippen molar-refractivity contribution in [1.82, 2.24) is 10.2 Å². The van der Waals surface area contributed by atoms with Crippen LogP contribution in [0.5, 0.6) is 0 Å². The number of amidine groups is 1. The van der Waals surface area contributed by atoms with Gasteiger partial charge in [-0.3, -0.25) is 4.99 Å².